The molecule has 2 rings (SSSR count). The molecule has 0 aliphatic rings. The summed E-state index contributed by atoms with van der Waals surface area (Å²) in [4.78, 5) is 7.85. The van der Waals surface area contributed by atoms with Crippen molar-refractivity contribution < 1.29 is 0 Å². The predicted octanol–water partition coefficient (Wildman–Crippen LogP) is 4.66. The molecule has 0 spiro atoms. The Morgan fingerprint density at radius 2 is 2.05 bits per heavy atom. The van der Waals surface area contributed by atoms with Gasteiger partial charge in [0.25, 0.3) is 0 Å². The van der Waals surface area contributed by atoms with E-state index in [4.69, 9.17) is 23.9 Å². The molecule has 0 heterocycles. The first-order valence-electron chi connectivity index (χ1n) is 5.77. The minimum Gasteiger partial charge on any atom is -0.404 e. The number of rotatable bonds is 2. The molecule has 0 aliphatic heterocycles. The molecular weight excluding hydrogens is 338 g/mol. The van der Waals surface area contributed by atoms with Gasteiger partial charge in [0.1, 0.15) is 0 Å². The smallest absolute Gasteiger partial charge is 0.204 e. The van der Waals surface area contributed by atoms with Gasteiger partial charge in [-0.1, -0.05) is 35.9 Å². The summed E-state index contributed by atoms with van der Waals surface area (Å²) < 4.78 is 0.622. The first-order chi connectivity index (χ1) is 9.63. The number of allylic oxidation sites excluding steroid dienone is 1. The molecule has 0 amide bonds. The Kier molecular flexibility index (Phi) is 4.43. The summed E-state index contributed by atoms with van der Waals surface area (Å²) in [5.41, 5.74) is 7.32. The van der Waals surface area contributed by atoms with Gasteiger partial charge in [-0.2, -0.15) is 0 Å². The highest BCUT2D eigenvalue weighted by Crippen LogP contribution is 2.37. The van der Waals surface area contributed by atoms with Gasteiger partial charge in [0.2, 0.25) is 5.69 Å². The molecule has 0 fully saturated rings. The summed E-state index contributed by atoms with van der Waals surface area (Å²) in [6, 6.07) is 9.31. The van der Waals surface area contributed by atoms with Crippen LogP contribution in [0.25, 0.3) is 15.6 Å². The van der Waals surface area contributed by atoms with Crippen molar-refractivity contribution in [3.8, 4) is 0 Å². The zero-order valence-electron chi connectivity index (χ0n) is 10.7. The van der Waals surface area contributed by atoms with Gasteiger partial charge in [-0.3, -0.25) is 4.99 Å². The second kappa shape index (κ2) is 6.08. The molecule has 0 saturated carbocycles. The van der Waals surface area contributed by atoms with Crippen LogP contribution >= 0.6 is 27.5 Å². The van der Waals surface area contributed by atoms with Gasteiger partial charge in [0.05, 0.1) is 16.8 Å². The number of nitrogens with zero attached hydrogens (tertiary/aromatic N) is 2. The van der Waals surface area contributed by atoms with Crippen LogP contribution in [0.2, 0.25) is 5.02 Å². The molecule has 0 atom stereocenters. The van der Waals surface area contributed by atoms with Gasteiger partial charge in [-0.25, -0.2) is 4.85 Å². The Labute approximate surface area is 130 Å². The van der Waals surface area contributed by atoms with E-state index >= 15 is 0 Å². The van der Waals surface area contributed by atoms with E-state index in [0.717, 1.165) is 10.8 Å². The number of benzene rings is 2. The Balaban J connectivity index is 2.88. The largest absolute Gasteiger partial charge is 0.404 e. The zero-order valence-corrected chi connectivity index (χ0v) is 13.0. The summed E-state index contributed by atoms with van der Waals surface area (Å²) >= 11 is 9.67. The van der Waals surface area contributed by atoms with Crippen molar-refractivity contribution in [2.75, 3.05) is 7.05 Å². The molecule has 2 aromatic carbocycles. The molecule has 20 heavy (non-hydrogen) atoms. The lowest BCUT2D eigenvalue weighted by molar-refractivity contribution is 1.43. The van der Waals surface area contributed by atoms with Crippen LogP contribution in [0.15, 0.2) is 46.0 Å². The van der Waals surface area contributed by atoms with Crippen LogP contribution in [-0.4, -0.2) is 12.8 Å². The van der Waals surface area contributed by atoms with Crippen molar-refractivity contribution in [3.63, 3.8) is 0 Å². The fourth-order valence-electron chi connectivity index (χ4n) is 2.05. The van der Waals surface area contributed by atoms with E-state index in [1.807, 2.05) is 24.3 Å². The van der Waals surface area contributed by atoms with Crippen LogP contribution < -0.4 is 5.73 Å². The predicted molar refractivity (Wildman–Crippen MR) is 88.9 cm³/mol. The van der Waals surface area contributed by atoms with Crippen molar-refractivity contribution in [3.05, 3.63) is 63.0 Å². The lowest BCUT2D eigenvalue weighted by atomic mass is 10.0. The van der Waals surface area contributed by atoms with Crippen molar-refractivity contribution >= 4 is 49.7 Å². The van der Waals surface area contributed by atoms with Crippen LogP contribution in [-0.2, 0) is 0 Å². The summed E-state index contributed by atoms with van der Waals surface area (Å²) in [6.07, 6.45) is 1.40. The van der Waals surface area contributed by atoms with E-state index in [1.54, 1.807) is 13.1 Å². The maximum atomic E-state index is 7.46. The highest BCUT2D eigenvalue weighted by atomic mass is 79.9. The Morgan fingerprint density at radius 3 is 2.60 bits per heavy atom. The van der Waals surface area contributed by atoms with Crippen molar-refractivity contribution in [2.24, 2.45) is 10.7 Å². The third-order valence-electron chi connectivity index (χ3n) is 2.93. The number of nitrogens with two attached hydrogens (primary N) is 1. The van der Waals surface area contributed by atoms with Crippen LogP contribution in [0.5, 0.6) is 0 Å². The quantitative estimate of drug-likeness (QED) is 0.622. The van der Waals surface area contributed by atoms with Crippen LogP contribution in [0.3, 0.4) is 0 Å². The maximum absolute atomic E-state index is 7.46. The lowest BCUT2D eigenvalue weighted by Crippen LogP contribution is -2.03. The molecule has 3 nitrogen and oxygen atoms in total. The normalized spacial score (nSPS) is 12.5. The van der Waals surface area contributed by atoms with Gasteiger partial charge in [-0.05, 0) is 32.8 Å². The molecule has 0 radical (unpaired) electrons. The number of hydrogen-bond acceptors (Lipinski definition) is 2. The monoisotopic (exact) mass is 347 g/mol. The number of halogens is 2. The number of fused-ring (bicyclic) bond motifs is 1. The highest BCUT2D eigenvalue weighted by molar-refractivity contribution is 9.12. The second-order valence-corrected chi connectivity index (χ2v) is 5.26. The average molecular weight is 349 g/mol. The maximum Gasteiger partial charge on any atom is 0.204 e. The summed E-state index contributed by atoms with van der Waals surface area (Å²) in [6.45, 7) is 7.46. The van der Waals surface area contributed by atoms with Crippen LogP contribution in [0.4, 0.5) is 5.69 Å². The Morgan fingerprint density at radius 1 is 1.40 bits per heavy atom. The van der Waals surface area contributed by atoms with E-state index in [1.165, 1.54) is 6.20 Å². The van der Waals surface area contributed by atoms with Gasteiger partial charge in [0, 0.05) is 23.8 Å². The fourth-order valence-corrected chi connectivity index (χ4v) is 2.72. The van der Waals surface area contributed by atoms with Gasteiger partial charge < -0.3 is 5.73 Å². The average Bonchev–Trinajstić information content (AvgIpc) is 2.48. The lowest BCUT2D eigenvalue weighted by Gasteiger charge is -2.11. The molecule has 2 N–H and O–H groups in total. The van der Waals surface area contributed by atoms with E-state index < -0.39 is 0 Å². The fraction of sp³-hybridized carbons (Fsp3) is 0.0667. The zero-order chi connectivity index (χ0) is 14.7. The van der Waals surface area contributed by atoms with Crippen molar-refractivity contribution in [1.29, 1.82) is 0 Å². The molecule has 100 valence electrons. The summed E-state index contributed by atoms with van der Waals surface area (Å²) in [5.74, 6) is 0. The SMILES string of the molecule is [C-]#[N+]c1c(C(=NC)/C(Br)=C\N)cc(Cl)c2ccccc12. The number of hydrogen-bond donors (Lipinski definition) is 1. The molecular formula is C15H11BrClN3. The van der Waals surface area contributed by atoms with E-state index in [9.17, 15) is 0 Å². The first-order valence-corrected chi connectivity index (χ1v) is 6.94. The molecule has 0 aliphatic carbocycles. The van der Waals surface area contributed by atoms with E-state index in [2.05, 4.69) is 25.8 Å². The number of aliphatic imine (C=N–C) groups is 1. The topological polar surface area (TPSA) is 42.7 Å². The van der Waals surface area contributed by atoms with Crippen molar-refractivity contribution in [2.45, 2.75) is 0 Å². The minimum absolute atomic E-state index is 0.518. The minimum atomic E-state index is 0.518. The molecule has 5 heteroatoms. The molecule has 0 bridgehead atoms. The van der Waals surface area contributed by atoms with Crippen LogP contribution in [0, 0.1) is 6.57 Å². The third-order valence-corrected chi connectivity index (χ3v) is 3.88. The Bertz CT molecular complexity index is 773. The molecule has 2 aromatic rings. The highest BCUT2D eigenvalue weighted by Gasteiger charge is 2.16. The van der Waals surface area contributed by atoms with Gasteiger partial charge in [-0.15, -0.1) is 0 Å². The molecule has 0 saturated heterocycles. The van der Waals surface area contributed by atoms with Gasteiger partial charge >= 0.3 is 0 Å². The Hall–Kier alpha value is -1.83. The van der Waals surface area contributed by atoms with Gasteiger partial charge in [0.15, 0.2) is 0 Å². The van der Waals surface area contributed by atoms with E-state index in [0.29, 0.717) is 26.5 Å². The second-order valence-electron chi connectivity index (χ2n) is 4.00. The standard InChI is InChI=1S/C15H11BrClN3/c1-19-14-10-6-4-3-5-9(10)13(17)7-11(14)15(20-2)12(16)8-18/h3-8H,18H2,2H3/b12-8+,20-15?. The van der Waals surface area contributed by atoms with E-state index in [-0.39, 0.29) is 0 Å². The third kappa shape index (κ3) is 2.43. The molecule has 0 aromatic heterocycles. The summed E-state index contributed by atoms with van der Waals surface area (Å²) in [7, 11) is 1.65. The van der Waals surface area contributed by atoms with Crippen LogP contribution in [0.1, 0.15) is 5.56 Å². The summed E-state index contributed by atoms with van der Waals surface area (Å²) in [5, 5.41) is 2.25. The first kappa shape index (κ1) is 14.6. The van der Waals surface area contributed by atoms with Crippen molar-refractivity contribution in [1.82, 2.24) is 0 Å². The molecule has 0 unspecified atom stereocenters.